The SMILES string of the molecule is c1ccc(-c2ccc(N(c3cccc(-c4cccc5c4sc4c6ccccc6n(-c6ccccc6)c54)c3)c3cccc4c3sc3ccccc34)cc2)cc1. The first-order valence-corrected chi connectivity index (χ1v) is 19.9. The van der Waals surface area contributed by atoms with E-state index in [-0.39, 0.29) is 0 Å². The van der Waals surface area contributed by atoms with Crippen molar-refractivity contribution in [3.05, 3.63) is 194 Å². The van der Waals surface area contributed by atoms with Crippen molar-refractivity contribution in [1.82, 2.24) is 4.57 Å². The van der Waals surface area contributed by atoms with E-state index in [1.807, 2.05) is 22.7 Å². The molecule has 0 N–H and O–H groups in total. The molecule has 0 saturated heterocycles. The van der Waals surface area contributed by atoms with E-state index in [0.29, 0.717) is 0 Å². The lowest BCUT2D eigenvalue weighted by atomic mass is 10.0. The smallest absolute Gasteiger partial charge is 0.0727 e. The molecule has 0 radical (unpaired) electrons. The number of hydrogen-bond donors (Lipinski definition) is 0. The molecule has 0 aliphatic heterocycles. The Morgan fingerprint density at radius 3 is 1.89 bits per heavy atom. The summed E-state index contributed by atoms with van der Waals surface area (Å²) in [6.07, 6.45) is 0. The molecule has 54 heavy (non-hydrogen) atoms. The molecule has 0 unspecified atom stereocenters. The highest BCUT2D eigenvalue weighted by molar-refractivity contribution is 7.27. The first kappa shape index (κ1) is 31.1. The van der Waals surface area contributed by atoms with Crippen molar-refractivity contribution in [1.29, 1.82) is 0 Å². The highest BCUT2D eigenvalue weighted by Crippen LogP contribution is 2.48. The first-order chi connectivity index (χ1) is 26.8. The second-order valence-electron chi connectivity index (χ2n) is 13.7. The number of rotatable bonds is 6. The number of para-hydroxylation sites is 2. The van der Waals surface area contributed by atoms with E-state index in [9.17, 15) is 0 Å². The van der Waals surface area contributed by atoms with Crippen LogP contribution in [0.25, 0.3) is 79.3 Å². The fourth-order valence-electron chi connectivity index (χ4n) is 8.15. The minimum Gasteiger partial charge on any atom is -0.309 e. The highest BCUT2D eigenvalue weighted by Gasteiger charge is 2.22. The Labute approximate surface area is 321 Å². The van der Waals surface area contributed by atoms with Gasteiger partial charge in [0.2, 0.25) is 0 Å². The van der Waals surface area contributed by atoms with Gasteiger partial charge in [0.05, 0.1) is 26.1 Å². The van der Waals surface area contributed by atoms with Gasteiger partial charge in [0.1, 0.15) is 0 Å². The molecule has 0 aliphatic carbocycles. The molecule has 254 valence electrons. The van der Waals surface area contributed by atoms with E-state index in [4.69, 9.17) is 0 Å². The lowest BCUT2D eigenvalue weighted by molar-refractivity contribution is 1.19. The summed E-state index contributed by atoms with van der Waals surface area (Å²) in [6, 6.07) is 70.6. The lowest BCUT2D eigenvalue weighted by Crippen LogP contribution is -2.10. The summed E-state index contributed by atoms with van der Waals surface area (Å²) in [5, 5.41) is 5.16. The average Bonchev–Trinajstić information content (AvgIpc) is 3.92. The summed E-state index contributed by atoms with van der Waals surface area (Å²) in [7, 11) is 0. The maximum absolute atomic E-state index is 2.44. The standard InChI is InChI=1S/C50H32N2S2/c1-3-14-33(15-4-1)34-28-30-37(31-29-34)51(45-26-13-23-41-40-20-8-10-27-46(40)53-49(41)45)38-19-11-16-35(32-38)39-22-12-24-43-47-50(54-48(39)43)42-21-7-9-25-44(42)52(47)36-17-5-2-6-18-36/h1-32H. The molecule has 0 spiro atoms. The minimum atomic E-state index is 1.13. The fraction of sp³-hybridized carbons (Fsp3) is 0. The van der Waals surface area contributed by atoms with Crippen LogP contribution in [0.1, 0.15) is 0 Å². The summed E-state index contributed by atoms with van der Waals surface area (Å²) < 4.78 is 7.66. The Balaban J connectivity index is 1.11. The van der Waals surface area contributed by atoms with Crippen LogP contribution in [0.5, 0.6) is 0 Å². The zero-order chi connectivity index (χ0) is 35.6. The van der Waals surface area contributed by atoms with Gasteiger partial charge in [-0.3, -0.25) is 0 Å². The maximum atomic E-state index is 2.44. The molecule has 0 saturated carbocycles. The molecule has 11 aromatic rings. The average molecular weight is 725 g/mol. The number of hydrogen-bond acceptors (Lipinski definition) is 3. The molecule has 11 rings (SSSR count). The summed E-state index contributed by atoms with van der Waals surface area (Å²) >= 11 is 3.78. The van der Waals surface area contributed by atoms with Gasteiger partial charge in [-0.1, -0.05) is 140 Å². The van der Waals surface area contributed by atoms with Gasteiger partial charge in [-0.15, -0.1) is 22.7 Å². The molecular formula is C50H32N2S2. The number of thiophene rings is 2. The predicted octanol–water partition coefficient (Wildman–Crippen LogP) is 15.2. The monoisotopic (exact) mass is 724 g/mol. The molecule has 3 heterocycles. The number of benzene rings is 8. The first-order valence-electron chi connectivity index (χ1n) is 18.3. The summed E-state index contributed by atoms with van der Waals surface area (Å²) in [5.74, 6) is 0. The lowest BCUT2D eigenvalue weighted by Gasteiger charge is -2.27. The Morgan fingerprint density at radius 1 is 0.389 bits per heavy atom. The second-order valence-corrected chi connectivity index (χ2v) is 15.8. The van der Waals surface area contributed by atoms with Crippen LogP contribution in [0.4, 0.5) is 17.1 Å². The van der Waals surface area contributed by atoms with Crippen LogP contribution >= 0.6 is 22.7 Å². The van der Waals surface area contributed by atoms with Gasteiger partial charge < -0.3 is 9.47 Å². The van der Waals surface area contributed by atoms with Crippen molar-refractivity contribution in [2.24, 2.45) is 0 Å². The van der Waals surface area contributed by atoms with Gasteiger partial charge in [-0.2, -0.15) is 0 Å². The summed E-state index contributed by atoms with van der Waals surface area (Å²) in [5.41, 5.74) is 12.0. The number of anilines is 3. The molecule has 4 heteroatoms. The van der Waals surface area contributed by atoms with Crippen LogP contribution in [0.3, 0.4) is 0 Å². The Morgan fingerprint density at radius 2 is 1.04 bits per heavy atom. The highest BCUT2D eigenvalue weighted by atomic mass is 32.1. The number of fused-ring (bicyclic) bond motifs is 8. The molecule has 0 amide bonds. The molecule has 0 fully saturated rings. The molecule has 0 bridgehead atoms. The molecular weight excluding hydrogens is 693 g/mol. The van der Waals surface area contributed by atoms with E-state index < -0.39 is 0 Å². The van der Waals surface area contributed by atoms with Crippen molar-refractivity contribution < 1.29 is 0 Å². The third kappa shape index (κ3) is 4.92. The van der Waals surface area contributed by atoms with Gasteiger partial charge in [0.15, 0.2) is 0 Å². The second kappa shape index (κ2) is 12.6. The minimum absolute atomic E-state index is 1.13. The molecule has 0 atom stereocenters. The molecule has 0 aliphatic rings. The zero-order valence-electron chi connectivity index (χ0n) is 29.2. The molecule has 2 nitrogen and oxygen atoms in total. The number of nitrogens with zero attached hydrogens (tertiary/aromatic N) is 2. The van der Waals surface area contributed by atoms with Crippen molar-refractivity contribution in [2.45, 2.75) is 0 Å². The van der Waals surface area contributed by atoms with Crippen LogP contribution in [-0.2, 0) is 0 Å². The third-order valence-corrected chi connectivity index (χ3v) is 13.1. The van der Waals surface area contributed by atoms with E-state index in [2.05, 4.69) is 204 Å². The van der Waals surface area contributed by atoms with Gasteiger partial charge >= 0.3 is 0 Å². The van der Waals surface area contributed by atoms with Crippen LogP contribution in [0.2, 0.25) is 0 Å². The van der Waals surface area contributed by atoms with Crippen molar-refractivity contribution >= 4 is 91.1 Å². The predicted molar refractivity (Wildman–Crippen MR) is 235 cm³/mol. The normalized spacial score (nSPS) is 11.7. The van der Waals surface area contributed by atoms with Crippen molar-refractivity contribution in [2.75, 3.05) is 4.90 Å². The number of aromatic nitrogens is 1. The van der Waals surface area contributed by atoms with Crippen molar-refractivity contribution in [3.63, 3.8) is 0 Å². The largest absolute Gasteiger partial charge is 0.309 e. The third-order valence-electron chi connectivity index (χ3n) is 10.6. The zero-order valence-corrected chi connectivity index (χ0v) is 30.8. The Hall–Kier alpha value is -6.46. The molecule has 8 aromatic carbocycles. The summed E-state index contributed by atoms with van der Waals surface area (Å²) in [6.45, 7) is 0. The van der Waals surface area contributed by atoms with Gasteiger partial charge in [0, 0.05) is 48.0 Å². The van der Waals surface area contributed by atoms with E-state index in [0.717, 1.165) is 11.4 Å². The topological polar surface area (TPSA) is 8.17 Å². The quantitative estimate of drug-likeness (QED) is 0.166. The van der Waals surface area contributed by atoms with E-state index in [1.165, 1.54) is 85.0 Å². The molecule has 3 aromatic heterocycles. The Kier molecular flexibility index (Phi) is 7.25. The van der Waals surface area contributed by atoms with Crippen LogP contribution in [0, 0.1) is 0 Å². The van der Waals surface area contributed by atoms with Crippen LogP contribution in [0.15, 0.2) is 194 Å². The van der Waals surface area contributed by atoms with Gasteiger partial charge in [0.25, 0.3) is 0 Å². The van der Waals surface area contributed by atoms with E-state index >= 15 is 0 Å². The van der Waals surface area contributed by atoms with E-state index in [1.54, 1.807) is 0 Å². The summed E-state index contributed by atoms with van der Waals surface area (Å²) in [4.78, 5) is 2.44. The fourth-order valence-corrected chi connectivity index (χ4v) is 10.7. The van der Waals surface area contributed by atoms with Gasteiger partial charge in [-0.05, 0) is 76.9 Å². The van der Waals surface area contributed by atoms with Crippen LogP contribution < -0.4 is 4.90 Å². The Bertz CT molecular complexity index is 3150. The van der Waals surface area contributed by atoms with Gasteiger partial charge in [-0.25, -0.2) is 0 Å². The van der Waals surface area contributed by atoms with Crippen molar-refractivity contribution in [3.8, 4) is 27.9 Å². The van der Waals surface area contributed by atoms with Crippen LogP contribution in [-0.4, -0.2) is 4.57 Å². The maximum Gasteiger partial charge on any atom is 0.0727 e.